The van der Waals surface area contributed by atoms with Crippen LogP contribution in [0.15, 0.2) is 24.8 Å². The van der Waals surface area contributed by atoms with E-state index < -0.39 is 0 Å². The number of hydrogen-bond acceptors (Lipinski definition) is 4. The Hall–Kier alpha value is -1.91. The van der Waals surface area contributed by atoms with Gasteiger partial charge in [-0.15, -0.1) is 0 Å². The first-order valence-corrected chi connectivity index (χ1v) is 4.40. The second kappa shape index (κ2) is 3.45. The minimum Gasteiger partial charge on any atom is -0.382 e. The molecule has 0 aromatic carbocycles. The first-order chi connectivity index (χ1) is 6.81. The molecule has 2 rings (SSSR count). The monoisotopic (exact) mass is 189 g/mol. The van der Waals surface area contributed by atoms with E-state index in [1.807, 2.05) is 17.7 Å². The number of hydrogen-bond donors (Lipinski definition) is 1. The summed E-state index contributed by atoms with van der Waals surface area (Å²) in [6.07, 6.45) is 6.82. The Labute approximate surface area is 81.6 Å². The van der Waals surface area contributed by atoms with Crippen LogP contribution in [0.5, 0.6) is 0 Å². The van der Waals surface area contributed by atoms with E-state index in [-0.39, 0.29) is 0 Å². The number of anilines is 1. The molecule has 0 saturated heterocycles. The zero-order chi connectivity index (χ0) is 9.97. The average molecular weight is 189 g/mol. The third kappa shape index (κ3) is 1.44. The highest BCUT2D eigenvalue weighted by Gasteiger charge is 2.06. The van der Waals surface area contributed by atoms with Gasteiger partial charge in [0.1, 0.15) is 11.5 Å². The molecule has 2 N–H and O–H groups in total. The fourth-order valence-corrected chi connectivity index (χ4v) is 1.29. The predicted octanol–water partition coefficient (Wildman–Crippen LogP) is 0.942. The standard InChI is InChI=1S/C9H11N5/c1-2-14-4-3-12-9(14)7-5-11-6-8(10)13-7/h3-6H,2H2,1H3,(H2,10,13). The molecule has 0 unspecified atom stereocenters. The van der Waals surface area contributed by atoms with E-state index >= 15 is 0 Å². The largest absolute Gasteiger partial charge is 0.382 e. The van der Waals surface area contributed by atoms with Crippen molar-refractivity contribution in [1.29, 1.82) is 0 Å². The van der Waals surface area contributed by atoms with E-state index in [1.54, 1.807) is 12.4 Å². The van der Waals surface area contributed by atoms with Crippen LogP contribution in [0.4, 0.5) is 5.82 Å². The van der Waals surface area contributed by atoms with Crippen molar-refractivity contribution >= 4 is 5.82 Å². The van der Waals surface area contributed by atoms with Crippen LogP contribution < -0.4 is 5.73 Å². The summed E-state index contributed by atoms with van der Waals surface area (Å²) in [5, 5.41) is 0. The SMILES string of the molecule is CCn1ccnc1-c1cncc(N)n1. The normalized spacial score (nSPS) is 10.4. The van der Waals surface area contributed by atoms with Crippen molar-refractivity contribution in [2.75, 3.05) is 5.73 Å². The molecule has 0 bridgehead atoms. The van der Waals surface area contributed by atoms with E-state index in [4.69, 9.17) is 5.73 Å². The third-order valence-corrected chi connectivity index (χ3v) is 1.94. The molecule has 0 saturated carbocycles. The lowest BCUT2D eigenvalue weighted by Gasteiger charge is -2.03. The zero-order valence-corrected chi connectivity index (χ0v) is 7.88. The van der Waals surface area contributed by atoms with Gasteiger partial charge < -0.3 is 10.3 Å². The van der Waals surface area contributed by atoms with Crippen LogP contribution in [0.25, 0.3) is 11.5 Å². The summed E-state index contributed by atoms with van der Waals surface area (Å²) in [4.78, 5) is 12.3. The van der Waals surface area contributed by atoms with Gasteiger partial charge in [-0.25, -0.2) is 9.97 Å². The lowest BCUT2D eigenvalue weighted by atomic mass is 10.4. The van der Waals surface area contributed by atoms with Crippen LogP contribution in [0.3, 0.4) is 0 Å². The average Bonchev–Trinajstić information content (AvgIpc) is 2.65. The highest BCUT2D eigenvalue weighted by Crippen LogP contribution is 2.14. The summed E-state index contributed by atoms with van der Waals surface area (Å²) in [5.74, 6) is 1.21. The first kappa shape index (κ1) is 8.68. The highest BCUT2D eigenvalue weighted by atomic mass is 15.1. The van der Waals surface area contributed by atoms with Crippen molar-refractivity contribution in [1.82, 2.24) is 19.5 Å². The summed E-state index contributed by atoms with van der Waals surface area (Å²) in [5.41, 5.74) is 6.25. The molecular weight excluding hydrogens is 178 g/mol. The Morgan fingerprint density at radius 1 is 1.43 bits per heavy atom. The van der Waals surface area contributed by atoms with Gasteiger partial charge in [0.25, 0.3) is 0 Å². The van der Waals surface area contributed by atoms with Gasteiger partial charge in [-0.05, 0) is 6.92 Å². The van der Waals surface area contributed by atoms with Crippen molar-refractivity contribution in [2.24, 2.45) is 0 Å². The van der Waals surface area contributed by atoms with E-state index in [9.17, 15) is 0 Å². The highest BCUT2D eigenvalue weighted by molar-refractivity contribution is 5.50. The van der Waals surface area contributed by atoms with E-state index in [1.165, 1.54) is 6.20 Å². The fraction of sp³-hybridized carbons (Fsp3) is 0.222. The van der Waals surface area contributed by atoms with Crippen LogP contribution in [0, 0.1) is 0 Å². The van der Waals surface area contributed by atoms with Crippen LogP contribution in [-0.2, 0) is 6.54 Å². The number of nitrogens with two attached hydrogens (primary N) is 1. The van der Waals surface area contributed by atoms with Gasteiger partial charge in [0.2, 0.25) is 0 Å². The van der Waals surface area contributed by atoms with Gasteiger partial charge in [0.05, 0.1) is 12.4 Å². The molecule has 2 aromatic heterocycles. The molecule has 0 aliphatic heterocycles. The Kier molecular flexibility index (Phi) is 2.14. The van der Waals surface area contributed by atoms with Gasteiger partial charge in [-0.3, -0.25) is 4.98 Å². The molecule has 2 heterocycles. The lowest BCUT2D eigenvalue weighted by Crippen LogP contribution is -2.00. The molecule has 0 radical (unpaired) electrons. The minimum atomic E-state index is 0.410. The van der Waals surface area contributed by atoms with Crippen molar-refractivity contribution in [3.05, 3.63) is 24.8 Å². The molecule has 0 aliphatic rings. The Balaban J connectivity index is 2.49. The van der Waals surface area contributed by atoms with Gasteiger partial charge >= 0.3 is 0 Å². The van der Waals surface area contributed by atoms with Crippen molar-refractivity contribution in [2.45, 2.75) is 13.5 Å². The summed E-state index contributed by atoms with van der Waals surface area (Å²) in [6.45, 7) is 2.90. The predicted molar refractivity (Wildman–Crippen MR) is 53.3 cm³/mol. The van der Waals surface area contributed by atoms with Crippen LogP contribution >= 0.6 is 0 Å². The molecule has 0 spiro atoms. The maximum absolute atomic E-state index is 5.55. The zero-order valence-electron chi connectivity index (χ0n) is 7.88. The Morgan fingerprint density at radius 2 is 2.29 bits per heavy atom. The van der Waals surface area contributed by atoms with Crippen molar-refractivity contribution < 1.29 is 0 Å². The topological polar surface area (TPSA) is 69.6 Å². The van der Waals surface area contributed by atoms with Gasteiger partial charge in [0.15, 0.2) is 5.82 Å². The molecule has 2 aromatic rings. The van der Waals surface area contributed by atoms with Gasteiger partial charge in [0, 0.05) is 18.9 Å². The molecule has 14 heavy (non-hydrogen) atoms. The first-order valence-electron chi connectivity index (χ1n) is 4.40. The third-order valence-electron chi connectivity index (χ3n) is 1.94. The summed E-state index contributed by atoms with van der Waals surface area (Å²) >= 11 is 0. The molecule has 0 fully saturated rings. The number of aryl methyl sites for hydroxylation is 1. The smallest absolute Gasteiger partial charge is 0.160 e. The number of nitrogens with zero attached hydrogens (tertiary/aromatic N) is 4. The van der Waals surface area contributed by atoms with E-state index in [0.29, 0.717) is 11.5 Å². The lowest BCUT2D eigenvalue weighted by molar-refractivity contribution is 0.767. The molecule has 0 atom stereocenters. The van der Waals surface area contributed by atoms with Gasteiger partial charge in [-0.1, -0.05) is 0 Å². The summed E-state index contributed by atoms with van der Waals surface area (Å²) in [6, 6.07) is 0. The van der Waals surface area contributed by atoms with E-state index in [0.717, 1.165) is 12.4 Å². The van der Waals surface area contributed by atoms with Crippen LogP contribution in [-0.4, -0.2) is 19.5 Å². The number of rotatable bonds is 2. The van der Waals surface area contributed by atoms with E-state index in [2.05, 4.69) is 15.0 Å². The fourth-order valence-electron chi connectivity index (χ4n) is 1.29. The second-order valence-electron chi connectivity index (χ2n) is 2.87. The quantitative estimate of drug-likeness (QED) is 0.763. The molecule has 72 valence electrons. The molecule has 5 nitrogen and oxygen atoms in total. The summed E-state index contributed by atoms with van der Waals surface area (Å²) < 4.78 is 1.99. The number of nitrogen functional groups attached to an aromatic ring is 1. The Bertz CT molecular complexity index is 434. The molecular formula is C9H11N5. The maximum Gasteiger partial charge on any atom is 0.160 e. The molecule has 0 amide bonds. The summed E-state index contributed by atoms with van der Waals surface area (Å²) in [7, 11) is 0. The van der Waals surface area contributed by atoms with Crippen molar-refractivity contribution in [3.63, 3.8) is 0 Å². The van der Waals surface area contributed by atoms with Crippen molar-refractivity contribution in [3.8, 4) is 11.5 Å². The minimum absolute atomic E-state index is 0.410. The Morgan fingerprint density at radius 3 is 3.00 bits per heavy atom. The number of aromatic nitrogens is 4. The molecule has 5 heteroatoms. The maximum atomic E-state index is 5.55. The second-order valence-corrected chi connectivity index (χ2v) is 2.87. The number of imidazole rings is 1. The molecule has 0 aliphatic carbocycles. The van der Waals surface area contributed by atoms with Crippen LogP contribution in [0.2, 0.25) is 0 Å². The van der Waals surface area contributed by atoms with Gasteiger partial charge in [-0.2, -0.15) is 0 Å². The van der Waals surface area contributed by atoms with Crippen LogP contribution in [0.1, 0.15) is 6.92 Å².